The number of aliphatic hydroxyl groups excluding tert-OH is 1. The zero-order chi connectivity index (χ0) is 31.1. The summed E-state index contributed by atoms with van der Waals surface area (Å²) in [6.45, 7) is 6.39. The van der Waals surface area contributed by atoms with Crippen LogP contribution in [-0.2, 0) is 6.42 Å². The van der Waals surface area contributed by atoms with Crippen molar-refractivity contribution in [2.45, 2.75) is 88.5 Å². The second-order valence-corrected chi connectivity index (χ2v) is 15.2. The summed E-state index contributed by atoms with van der Waals surface area (Å²) in [4.78, 5) is 24.1. The quantitative estimate of drug-likeness (QED) is 0.114. The van der Waals surface area contributed by atoms with Crippen LogP contribution in [0.5, 0.6) is 5.75 Å². The number of aliphatic hydroxyl groups is 2. The van der Waals surface area contributed by atoms with Crippen LogP contribution < -0.4 is 4.74 Å². The lowest BCUT2D eigenvalue weighted by atomic mass is 9.65. The van der Waals surface area contributed by atoms with Crippen molar-refractivity contribution in [3.63, 3.8) is 0 Å². The number of imidazole rings is 1. The molecular formula is C36H42N2O4S2. The Morgan fingerprint density at radius 3 is 2.75 bits per heavy atom. The van der Waals surface area contributed by atoms with Crippen LogP contribution >= 0.6 is 23.1 Å². The molecule has 0 radical (unpaired) electrons. The number of carbonyl (C=O) groups excluding carboxylic acids is 1. The molecule has 8 heteroatoms. The summed E-state index contributed by atoms with van der Waals surface area (Å²) >= 11 is 3.08. The monoisotopic (exact) mass is 630 g/mol. The molecule has 0 amide bonds. The standard InChI is InChI=1S/C36H42N2O4S2/c1-22-6-5-16-35(3)29(15-17-36(35,41)21-43-34-37-30-13-11-26(42-4)20-31(30)38-34)27-12-9-24(18-25(39)10-7-22)19-28(27)33(40)32-14-8-23(2)44-32/h6,8-9,11-14,19-20,25,29,39,41H,5,7,10,15-18,21H2,1-4H3,(H,37,38)/t25-,29-,35-,36+/m0/s1. The number of aryl methyl sites for hydroxylation is 1. The second-order valence-electron chi connectivity index (χ2n) is 12.9. The number of thiophene rings is 1. The van der Waals surface area contributed by atoms with Gasteiger partial charge in [0.1, 0.15) is 5.75 Å². The molecule has 4 atom stereocenters. The third kappa shape index (κ3) is 6.02. The topological polar surface area (TPSA) is 95.4 Å². The van der Waals surface area contributed by atoms with Crippen molar-refractivity contribution in [3.8, 4) is 5.75 Å². The van der Waals surface area contributed by atoms with Gasteiger partial charge in [0, 0.05) is 27.7 Å². The molecule has 1 fully saturated rings. The van der Waals surface area contributed by atoms with Crippen LogP contribution in [0.1, 0.15) is 89.5 Å². The van der Waals surface area contributed by atoms with E-state index in [1.165, 1.54) is 16.9 Å². The van der Waals surface area contributed by atoms with Gasteiger partial charge in [-0.2, -0.15) is 0 Å². The number of ether oxygens (including phenoxy) is 1. The maximum atomic E-state index is 14.1. The van der Waals surface area contributed by atoms with E-state index in [-0.39, 0.29) is 11.7 Å². The Balaban J connectivity index is 1.38. The highest BCUT2D eigenvalue weighted by atomic mass is 32.2. The summed E-state index contributed by atoms with van der Waals surface area (Å²) in [5, 5.41) is 24.2. The van der Waals surface area contributed by atoms with Gasteiger partial charge in [0.05, 0.1) is 34.7 Å². The van der Waals surface area contributed by atoms with Crippen molar-refractivity contribution in [2.75, 3.05) is 12.9 Å². The SMILES string of the molecule is COc1ccc2nc(SC[C@]3(O)CC[C@H]4c5ccc(cc5C(=O)c5ccc(C)s5)C[C@@H](O)CCC(C)=CCC[C@@]43C)[nH]c2c1. The minimum absolute atomic E-state index is 0.00339. The number of rotatable bonds is 6. The zero-order valence-electron chi connectivity index (χ0n) is 26.0. The predicted molar refractivity (Wildman–Crippen MR) is 179 cm³/mol. The molecule has 1 saturated carbocycles. The van der Waals surface area contributed by atoms with Crippen molar-refractivity contribution >= 4 is 39.9 Å². The molecule has 3 N–H and O–H groups in total. The largest absolute Gasteiger partial charge is 0.497 e. The molecule has 7 rings (SSSR count). The van der Waals surface area contributed by atoms with Crippen molar-refractivity contribution in [3.05, 3.63) is 86.6 Å². The highest BCUT2D eigenvalue weighted by Crippen LogP contribution is 2.59. The fourth-order valence-electron chi connectivity index (χ4n) is 7.21. The van der Waals surface area contributed by atoms with Gasteiger partial charge in [0.25, 0.3) is 0 Å². The zero-order valence-corrected chi connectivity index (χ0v) is 27.6. The minimum Gasteiger partial charge on any atom is -0.497 e. The number of aromatic nitrogens is 2. The smallest absolute Gasteiger partial charge is 0.203 e. The molecule has 0 unspecified atom stereocenters. The molecular weight excluding hydrogens is 589 g/mol. The minimum atomic E-state index is -0.966. The average molecular weight is 631 g/mol. The maximum Gasteiger partial charge on any atom is 0.203 e. The molecule has 0 saturated heterocycles. The summed E-state index contributed by atoms with van der Waals surface area (Å²) in [7, 11) is 1.65. The number of benzene rings is 2. The maximum absolute atomic E-state index is 14.1. The molecule has 2 aromatic carbocycles. The molecule has 232 valence electrons. The van der Waals surface area contributed by atoms with Crippen LogP contribution in [0.3, 0.4) is 0 Å². The van der Waals surface area contributed by atoms with Gasteiger partial charge in [-0.05, 0) is 106 Å². The average Bonchev–Trinajstić information content (AvgIpc) is 3.70. The number of methoxy groups -OCH3 is 1. The van der Waals surface area contributed by atoms with Crippen LogP contribution in [0.2, 0.25) is 0 Å². The summed E-state index contributed by atoms with van der Waals surface area (Å²) in [5.41, 5.74) is 4.30. The molecule has 0 spiro atoms. The Labute approximate surface area is 268 Å². The third-order valence-electron chi connectivity index (χ3n) is 10.00. The molecule has 0 aliphatic heterocycles. The number of hydrogen-bond acceptors (Lipinski definition) is 7. The fourth-order valence-corrected chi connectivity index (χ4v) is 9.23. The van der Waals surface area contributed by atoms with Gasteiger partial charge >= 0.3 is 0 Å². The molecule has 44 heavy (non-hydrogen) atoms. The van der Waals surface area contributed by atoms with Crippen LogP contribution in [0.25, 0.3) is 11.0 Å². The predicted octanol–water partition coefficient (Wildman–Crippen LogP) is 8.00. The normalized spacial score (nSPS) is 25.9. The number of aromatic amines is 1. The first-order valence-electron chi connectivity index (χ1n) is 15.6. The number of ketones is 1. The van der Waals surface area contributed by atoms with Gasteiger partial charge in [-0.15, -0.1) is 11.3 Å². The number of nitrogens with one attached hydrogen (secondary N) is 1. The number of hydrogen-bond donors (Lipinski definition) is 3. The first-order chi connectivity index (χ1) is 21.1. The number of allylic oxidation sites excluding steroid dienone is 2. The molecule has 3 aliphatic carbocycles. The lowest BCUT2D eigenvalue weighted by Crippen LogP contribution is -2.46. The van der Waals surface area contributed by atoms with E-state index >= 15 is 0 Å². The van der Waals surface area contributed by atoms with E-state index in [0.29, 0.717) is 30.6 Å². The molecule has 6 nitrogen and oxygen atoms in total. The van der Waals surface area contributed by atoms with E-state index in [4.69, 9.17) is 9.72 Å². The van der Waals surface area contributed by atoms with Gasteiger partial charge in [-0.1, -0.05) is 42.5 Å². The van der Waals surface area contributed by atoms with Crippen LogP contribution in [-0.4, -0.2) is 50.5 Å². The first kappa shape index (κ1) is 31.1. The summed E-state index contributed by atoms with van der Waals surface area (Å²) < 4.78 is 5.38. The van der Waals surface area contributed by atoms with Crippen LogP contribution in [0.4, 0.5) is 0 Å². The first-order valence-corrected chi connectivity index (χ1v) is 17.4. The number of thioether (sulfide) groups is 1. The van der Waals surface area contributed by atoms with E-state index in [2.05, 4.69) is 37.0 Å². The van der Waals surface area contributed by atoms with Crippen molar-refractivity contribution < 1.29 is 19.7 Å². The van der Waals surface area contributed by atoms with Crippen molar-refractivity contribution in [2.24, 2.45) is 5.41 Å². The van der Waals surface area contributed by atoms with E-state index in [9.17, 15) is 15.0 Å². The Morgan fingerprint density at radius 2 is 1.98 bits per heavy atom. The highest BCUT2D eigenvalue weighted by Gasteiger charge is 2.56. The Hall–Kier alpha value is -2.91. The van der Waals surface area contributed by atoms with Crippen LogP contribution in [0.15, 0.2) is 65.3 Å². The molecule has 4 aromatic rings. The van der Waals surface area contributed by atoms with E-state index < -0.39 is 17.1 Å². The van der Waals surface area contributed by atoms with Crippen molar-refractivity contribution in [1.82, 2.24) is 9.97 Å². The summed E-state index contributed by atoms with van der Waals surface area (Å²) in [5.74, 6) is 1.30. The third-order valence-corrected chi connectivity index (χ3v) is 12.1. The number of nitrogens with zero attached hydrogens (tertiary/aromatic N) is 1. The van der Waals surface area contributed by atoms with Gasteiger partial charge < -0.3 is 19.9 Å². The summed E-state index contributed by atoms with van der Waals surface area (Å²) in [6, 6.07) is 15.9. The van der Waals surface area contributed by atoms with E-state index in [1.807, 2.05) is 43.3 Å². The number of H-pyrrole nitrogens is 1. The molecule has 2 aromatic heterocycles. The molecule has 2 heterocycles. The fraction of sp³-hybridized carbons (Fsp3) is 0.444. The number of fused-ring (bicyclic) bond motifs is 9. The lowest BCUT2D eigenvalue weighted by Gasteiger charge is -2.44. The molecule has 3 aliphatic rings. The highest BCUT2D eigenvalue weighted by molar-refractivity contribution is 7.99. The Bertz CT molecular complexity index is 1710. The van der Waals surface area contributed by atoms with Gasteiger partial charge in [-0.25, -0.2) is 4.98 Å². The molecule has 2 bridgehead atoms. The Morgan fingerprint density at radius 1 is 1.14 bits per heavy atom. The second kappa shape index (κ2) is 12.5. The van der Waals surface area contributed by atoms with Crippen LogP contribution in [0, 0.1) is 12.3 Å². The number of carbonyl (C=O) groups is 1. The lowest BCUT2D eigenvalue weighted by molar-refractivity contribution is -0.0422. The van der Waals surface area contributed by atoms with E-state index in [0.717, 1.165) is 68.5 Å². The van der Waals surface area contributed by atoms with Gasteiger partial charge in [0.15, 0.2) is 5.16 Å². The summed E-state index contributed by atoms with van der Waals surface area (Å²) in [6.07, 6.45) is 6.90. The van der Waals surface area contributed by atoms with Gasteiger partial charge in [0.2, 0.25) is 5.78 Å². The van der Waals surface area contributed by atoms with Gasteiger partial charge in [-0.3, -0.25) is 4.79 Å². The van der Waals surface area contributed by atoms with Crippen molar-refractivity contribution in [1.29, 1.82) is 0 Å². The van der Waals surface area contributed by atoms with E-state index in [1.54, 1.807) is 18.9 Å². The Kier molecular flexibility index (Phi) is 8.81.